The van der Waals surface area contributed by atoms with E-state index in [0.29, 0.717) is 32.0 Å². The zero-order valence-corrected chi connectivity index (χ0v) is 13.3. The van der Waals surface area contributed by atoms with Gasteiger partial charge in [0.1, 0.15) is 5.69 Å². The van der Waals surface area contributed by atoms with Crippen LogP contribution in [0.2, 0.25) is 0 Å². The molecule has 1 aliphatic carbocycles. The molecule has 2 fully saturated rings. The fourth-order valence-corrected chi connectivity index (χ4v) is 3.33. The number of nitrogens with zero attached hydrogens (tertiary/aromatic N) is 3. The first-order chi connectivity index (χ1) is 11.2. The molecule has 1 saturated heterocycles. The first-order valence-corrected chi connectivity index (χ1v) is 8.12. The predicted octanol–water partition coefficient (Wildman–Crippen LogP) is 0.542. The Labute approximate surface area is 135 Å². The number of aryl methyl sites for hydroxylation is 1. The van der Waals surface area contributed by atoms with Crippen molar-refractivity contribution in [2.75, 3.05) is 26.3 Å². The average Bonchev–Trinajstić information content (AvgIpc) is 3.03. The number of aromatic nitrogens is 2. The summed E-state index contributed by atoms with van der Waals surface area (Å²) in [4.78, 5) is 35.3. The van der Waals surface area contributed by atoms with Crippen LogP contribution < -0.4 is 5.32 Å². The van der Waals surface area contributed by atoms with Gasteiger partial charge in [-0.1, -0.05) is 6.42 Å². The molecule has 124 valence electrons. The summed E-state index contributed by atoms with van der Waals surface area (Å²) < 4.78 is 5.50. The Kier molecular flexibility index (Phi) is 4.85. The second-order valence-corrected chi connectivity index (χ2v) is 6.05. The van der Waals surface area contributed by atoms with Crippen LogP contribution in [0.15, 0.2) is 12.4 Å². The zero-order chi connectivity index (χ0) is 16.2. The normalized spacial score (nSPS) is 25.6. The van der Waals surface area contributed by atoms with Gasteiger partial charge in [0, 0.05) is 25.3 Å². The van der Waals surface area contributed by atoms with E-state index in [2.05, 4.69) is 15.3 Å². The van der Waals surface area contributed by atoms with Crippen LogP contribution in [0.3, 0.4) is 0 Å². The minimum atomic E-state index is -0.175. The Bertz CT molecular complexity index is 575. The van der Waals surface area contributed by atoms with Gasteiger partial charge in [0.05, 0.1) is 31.0 Å². The van der Waals surface area contributed by atoms with E-state index >= 15 is 0 Å². The largest absolute Gasteiger partial charge is 0.378 e. The van der Waals surface area contributed by atoms with Crippen molar-refractivity contribution in [2.45, 2.75) is 32.2 Å². The fourth-order valence-electron chi connectivity index (χ4n) is 3.33. The van der Waals surface area contributed by atoms with Gasteiger partial charge >= 0.3 is 0 Å². The van der Waals surface area contributed by atoms with Crippen molar-refractivity contribution in [1.29, 1.82) is 0 Å². The maximum absolute atomic E-state index is 12.9. The third-order valence-electron chi connectivity index (χ3n) is 4.50. The highest BCUT2D eigenvalue weighted by Gasteiger charge is 2.39. The van der Waals surface area contributed by atoms with Crippen molar-refractivity contribution in [1.82, 2.24) is 20.2 Å². The first kappa shape index (κ1) is 15.9. The molecule has 2 unspecified atom stereocenters. The number of amides is 2. The summed E-state index contributed by atoms with van der Waals surface area (Å²) in [6.07, 6.45) is 5.70. The molecular formula is C16H22N4O3. The summed E-state index contributed by atoms with van der Waals surface area (Å²) in [5, 5.41) is 2.90. The summed E-state index contributed by atoms with van der Waals surface area (Å²) in [5.74, 6) is -0.298. The Morgan fingerprint density at radius 1 is 1.30 bits per heavy atom. The third-order valence-corrected chi connectivity index (χ3v) is 4.50. The number of carbonyl (C=O) groups is 2. The molecule has 1 aromatic heterocycles. The Balaban J connectivity index is 1.84. The van der Waals surface area contributed by atoms with E-state index in [0.717, 1.165) is 25.0 Å². The van der Waals surface area contributed by atoms with Gasteiger partial charge in [0.15, 0.2) is 0 Å². The van der Waals surface area contributed by atoms with E-state index in [1.807, 2.05) is 6.92 Å². The van der Waals surface area contributed by atoms with Gasteiger partial charge in [-0.3, -0.25) is 14.6 Å². The second kappa shape index (κ2) is 7.04. The highest BCUT2D eigenvalue weighted by molar-refractivity contribution is 5.93. The molecule has 0 aromatic carbocycles. The lowest BCUT2D eigenvalue weighted by Crippen LogP contribution is -2.49. The summed E-state index contributed by atoms with van der Waals surface area (Å²) >= 11 is 0. The first-order valence-electron chi connectivity index (χ1n) is 8.12. The van der Waals surface area contributed by atoms with Crippen LogP contribution in [0.1, 0.15) is 35.4 Å². The van der Waals surface area contributed by atoms with Gasteiger partial charge in [-0.05, 0) is 19.8 Å². The van der Waals surface area contributed by atoms with E-state index in [1.165, 1.54) is 6.20 Å². The Morgan fingerprint density at radius 2 is 2.17 bits per heavy atom. The highest BCUT2D eigenvalue weighted by atomic mass is 16.5. The summed E-state index contributed by atoms with van der Waals surface area (Å²) in [6.45, 7) is 3.76. The average molecular weight is 318 g/mol. The van der Waals surface area contributed by atoms with Crippen LogP contribution in [0.4, 0.5) is 0 Å². The van der Waals surface area contributed by atoms with Crippen molar-refractivity contribution >= 4 is 11.8 Å². The second-order valence-electron chi connectivity index (χ2n) is 6.05. The van der Waals surface area contributed by atoms with Gasteiger partial charge in [0.2, 0.25) is 5.91 Å². The number of fused-ring (bicyclic) bond motifs is 1. The van der Waals surface area contributed by atoms with E-state index in [4.69, 9.17) is 4.74 Å². The third kappa shape index (κ3) is 3.50. The lowest BCUT2D eigenvalue weighted by molar-refractivity contribution is -0.127. The number of nitrogens with one attached hydrogen (secondary N) is 1. The van der Waals surface area contributed by atoms with Crippen molar-refractivity contribution in [3.05, 3.63) is 23.8 Å². The number of hydrogen-bond acceptors (Lipinski definition) is 5. The molecule has 2 amide bonds. The maximum Gasteiger partial charge on any atom is 0.274 e. The van der Waals surface area contributed by atoms with Crippen LogP contribution in [0.5, 0.6) is 0 Å². The smallest absolute Gasteiger partial charge is 0.274 e. The molecule has 7 nitrogen and oxygen atoms in total. The lowest BCUT2D eigenvalue weighted by Gasteiger charge is -2.33. The van der Waals surface area contributed by atoms with Gasteiger partial charge in [-0.25, -0.2) is 4.98 Å². The maximum atomic E-state index is 12.9. The SMILES string of the molecule is Cc1cnc(C(=O)N2CCOCCNC(=O)C3CCCC32)cn1. The van der Waals surface area contributed by atoms with Crippen molar-refractivity contribution in [2.24, 2.45) is 5.92 Å². The summed E-state index contributed by atoms with van der Waals surface area (Å²) in [7, 11) is 0. The number of rotatable bonds is 1. The van der Waals surface area contributed by atoms with Crippen LogP contribution in [-0.4, -0.2) is 59.0 Å². The molecule has 2 atom stereocenters. The van der Waals surface area contributed by atoms with Gasteiger partial charge in [0.25, 0.3) is 5.91 Å². The van der Waals surface area contributed by atoms with Crippen molar-refractivity contribution < 1.29 is 14.3 Å². The molecule has 23 heavy (non-hydrogen) atoms. The minimum absolute atomic E-state index is 0.0193. The standard InChI is InChI=1S/C16H22N4O3/c1-11-9-19-13(10-18-11)16(22)20-6-8-23-7-5-17-15(21)12-3-2-4-14(12)20/h9-10,12,14H,2-8H2,1H3,(H,17,21). The van der Waals surface area contributed by atoms with Crippen LogP contribution in [0, 0.1) is 12.8 Å². The van der Waals surface area contributed by atoms with Crippen LogP contribution in [-0.2, 0) is 9.53 Å². The minimum Gasteiger partial charge on any atom is -0.378 e. The van der Waals surface area contributed by atoms with Gasteiger partial charge in [-0.15, -0.1) is 0 Å². The van der Waals surface area contributed by atoms with Crippen molar-refractivity contribution in [3.63, 3.8) is 0 Å². The van der Waals surface area contributed by atoms with E-state index in [9.17, 15) is 9.59 Å². The molecule has 1 saturated carbocycles. The molecule has 7 heteroatoms. The quantitative estimate of drug-likeness (QED) is 0.817. The molecule has 1 aromatic rings. The monoisotopic (exact) mass is 318 g/mol. The molecular weight excluding hydrogens is 296 g/mol. The van der Waals surface area contributed by atoms with Gasteiger partial charge < -0.3 is 15.0 Å². The van der Waals surface area contributed by atoms with Gasteiger partial charge in [-0.2, -0.15) is 0 Å². The van der Waals surface area contributed by atoms with E-state index < -0.39 is 0 Å². The number of hydrogen-bond donors (Lipinski definition) is 1. The number of ether oxygens (including phenoxy) is 1. The Morgan fingerprint density at radius 3 is 2.96 bits per heavy atom. The Hall–Kier alpha value is -2.02. The highest BCUT2D eigenvalue weighted by Crippen LogP contribution is 2.31. The topological polar surface area (TPSA) is 84.4 Å². The molecule has 2 heterocycles. The van der Waals surface area contributed by atoms with Crippen LogP contribution >= 0.6 is 0 Å². The van der Waals surface area contributed by atoms with Crippen LogP contribution in [0.25, 0.3) is 0 Å². The molecule has 1 N–H and O–H groups in total. The molecule has 0 bridgehead atoms. The molecule has 0 spiro atoms. The zero-order valence-electron chi connectivity index (χ0n) is 13.3. The predicted molar refractivity (Wildman–Crippen MR) is 82.8 cm³/mol. The molecule has 1 aliphatic heterocycles. The number of carbonyl (C=O) groups excluding carboxylic acids is 2. The van der Waals surface area contributed by atoms with E-state index in [1.54, 1.807) is 11.1 Å². The van der Waals surface area contributed by atoms with E-state index in [-0.39, 0.29) is 23.8 Å². The molecule has 0 radical (unpaired) electrons. The fraction of sp³-hybridized carbons (Fsp3) is 0.625. The van der Waals surface area contributed by atoms with Crippen molar-refractivity contribution in [3.8, 4) is 0 Å². The summed E-state index contributed by atoms with van der Waals surface area (Å²) in [6, 6.07) is -0.0905. The molecule has 3 rings (SSSR count). The lowest BCUT2D eigenvalue weighted by atomic mass is 10.0. The molecule has 2 aliphatic rings. The summed E-state index contributed by atoms with van der Waals surface area (Å²) in [5.41, 5.74) is 1.09.